The minimum absolute atomic E-state index is 0.0337. The van der Waals surface area contributed by atoms with Crippen LogP contribution >= 0.6 is 0 Å². The topological polar surface area (TPSA) is 62.2 Å². The fourth-order valence-electron chi connectivity index (χ4n) is 1.70. The van der Waals surface area contributed by atoms with Gasteiger partial charge >= 0.3 is 0 Å². The van der Waals surface area contributed by atoms with Crippen molar-refractivity contribution >= 4 is 5.91 Å². The zero-order chi connectivity index (χ0) is 12.8. The number of aliphatic hydroxyl groups is 1. The van der Waals surface area contributed by atoms with Crippen LogP contribution in [0.2, 0.25) is 0 Å². The molecule has 0 bridgehead atoms. The maximum atomic E-state index is 11.9. The van der Waals surface area contributed by atoms with Gasteiger partial charge in [0.1, 0.15) is 0 Å². The van der Waals surface area contributed by atoms with E-state index in [4.69, 9.17) is 0 Å². The van der Waals surface area contributed by atoms with E-state index in [1.54, 1.807) is 18.3 Å². The molecule has 0 spiro atoms. The summed E-state index contributed by atoms with van der Waals surface area (Å²) in [5.74, 6) is 0.279. The molecular weight excluding hydrogens is 216 g/mol. The van der Waals surface area contributed by atoms with Crippen molar-refractivity contribution in [1.82, 2.24) is 10.3 Å². The highest BCUT2D eigenvalue weighted by Crippen LogP contribution is 2.06. The van der Waals surface area contributed by atoms with Gasteiger partial charge in [0.25, 0.3) is 5.91 Å². The normalized spacial score (nSPS) is 12.5. The van der Waals surface area contributed by atoms with E-state index < -0.39 is 0 Å². The Kier molecular flexibility index (Phi) is 5.10. The number of rotatable bonds is 5. The third kappa shape index (κ3) is 4.53. The lowest BCUT2D eigenvalue weighted by Gasteiger charge is -2.18. The molecule has 2 N–H and O–H groups in total. The highest BCUT2D eigenvalue weighted by molar-refractivity contribution is 5.94. The van der Waals surface area contributed by atoms with Gasteiger partial charge in [-0.3, -0.25) is 9.78 Å². The second-order valence-electron chi connectivity index (χ2n) is 4.67. The zero-order valence-corrected chi connectivity index (χ0v) is 10.6. The fourth-order valence-corrected chi connectivity index (χ4v) is 1.70. The van der Waals surface area contributed by atoms with E-state index >= 15 is 0 Å². The summed E-state index contributed by atoms with van der Waals surface area (Å²) in [6.07, 6.45) is 2.38. The quantitative estimate of drug-likeness (QED) is 0.815. The Labute approximate surface area is 102 Å². The molecule has 1 unspecified atom stereocenters. The molecule has 17 heavy (non-hydrogen) atoms. The van der Waals surface area contributed by atoms with Crippen molar-refractivity contribution < 1.29 is 9.90 Å². The number of carbonyl (C=O) groups excluding carboxylic acids is 1. The van der Waals surface area contributed by atoms with Crippen molar-refractivity contribution in [3.05, 3.63) is 29.6 Å². The van der Waals surface area contributed by atoms with E-state index in [2.05, 4.69) is 24.1 Å². The second kappa shape index (κ2) is 6.35. The number of pyridine rings is 1. The van der Waals surface area contributed by atoms with Crippen molar-refractivity contribution in [3.63, 3.8) is 0 Å². The van der Waals surface area contributed by atoms with Crippen LogP contribution in [0, 0.1) is 12.8 Å². The number of hydrogen-bond donors (Lipinski definition) is 2. The summed E-state index contributed by atoms with van der Waals surface area (Å²) in [7, 11) is 0. The Balaban J connectivity index is 2.64. The molecule has 0 aliphatic heterocycles. The van der Waals surface area contributed by atoms with Crippen LogP contribution in [-0.2, 0) is 0 Å². The molecule has 1 atom stereocenters. The minimum Gasteiger partial charge on any atom is -0.394 e. The first-order valence-corrected chi connectivity index (χ1v) is 5.87. The van der Waals surface area contributed by atoms with Gasteiger partial charge in [-0.25, -0.2) is 0 Å². The molecule has 0 aliphatic carbocycles. The SMILES string of the molecule is Cc1cc(C(=O)NC(CO)CC(C)C)ccn1. The van der Waals surface area contributed by atoms with E-state index in [0.717, 1.165) is 12.1 Å². The van der Waals surface area contributed by atoms with Gasteiger partial charge in [0.2, 0.25) is 0 Å². The number of aromatic nitrogens is 1. The number of carbonyl (C=O) groups is 1. The van der Waals surface area contributed by atoms with Gasteiger partial charge < -0.3 is 10.4 Å². The van der Waals surface area contributed by atoms with Crippen molar-refractivity contribution in [1.29, 1.82) is 0 Å². The van der Waals surface area contributed by atoms with E-state index in [0.29, 0.717) is 11.5 Å². The van der Waals surface area contributed by atoms with E-state index in [1.807, 2.05) is 6.92 Å². The van der Waals surface area contributed by atoms with E-state index in [9.17, 15) is 9.90 Å². The Morgan fingerprint density at radius 3 is 2.76 bits per heavy atom. The number of hydrogen-bond acceptors (Lipinski definition) is 3. The van der Waals surface area contributed by atoms with Crippen LogP contribution in [0.3, 0.4) is 0 Å². The molecule has 1 heterocycles. The number of nitrogens with one attached hydrogen (secondary N) is 1. The Morgan fingerprint density at radius 1 is 1.53 bits per heavy atom. The molecule has 1 rings (SSSR count). The highest BCUT2D eigenvalue weighted by Gasteiger charge is 2.14. The summed E-state index contributed by atoms with van der Waals surface area (Å²) < 4.78 is 0. The van der Waals surface area contributed by atoms with Crippen molar-refractivity contribution in [2.75, 3.05) is 6.61 Å². The highest BCUT2D eigenvalue weighted by atomic mass is 16.3. The largest absolute Gasteiger partial charge is 0.394 e. The molecule has 4 heteroatoms. The number of nitrogens with zero attached hydrogens (tertiary/aromatic N) is 1. The summed E-state index contributed by atoms with van der Waals surface area (Å²) in [4.78, 5) is 15.9. The first-order chi connectivity index (χ1) is 8.02. The van der Waals surface area contributed by atoms with Crippen LogP contribution in [0.15, 0.2) is 18.3 Å². The van der Waals surface area contributed by atoms with Crippen LogP contribution in [-0.4, -0.2) is 28.6 Å². The molecule has 0 aliphatic rings. The summed E-state index contributed by atoms with van der Waals surface area (Å²) >= 11 is 0. The second-order valence-corrected chi connectivity index (χ2v) is 4.67. The minimum atomic E-state index is -0.184. The van der Waals surface area contributed by atoms with Crippen molar-refractivity contribution in [2.24, 2.45) is 5.92 Å². The molecular formula is C13H20N2O2. The monoisotopic (exact) mass is 236 g/mol. The first-order valence-electron chi connectivity index (χ1n) is 5.87. The van der Waals surface area contributed by atoms with E-state index in [1.165, 1.54) is 0 Å². The molecule has 0 saturated heterocycles. The number of aliphatic hydroxyl groups excluding tert-OH is 1. The molecule has 0 aromatic carbocycles. The van der Waals surface area contributed by atoms with Gasteiger partial charge in [0.15, 0.2) is 0 Å². The van der Waals surface area contributed by atoms with E-state index in [-0.39, 0.29) is 18.6 Å². The summed E-state index contributed by atoms with van der Waals surface area (Å²) in [6, 6.07) is 3.22. The lowest BCUT2D eigenvalue weighted by molar-refractivity contribution is 0.0908. The van der Waals surface area contributed by atoms with Crippen molar-refractivity contribution in [2.45, 2.75) is 33.2 Å². The fraction of sp³-hybridized carbons (Fsp3) is 0.538. The summed E-state index contributed by atoms with van der Waals surface area (Å²) in [5, 5.41) is 12.0. The average molecular weight is 236 g/mol. The van der Waals surface area contributed by atoms with Crippen LogP contribution in [0.1, 0.15) is 36.3 Å². The third-order valence-corrected chi connectivity index (χ3v) is 2.47. The Morgan fingerprint density at radius 2 is 2.24 bits per heavy atom. The van der Waals surface area contributed by atoms with Crippen LogP contribution in [0.4, 0.5) is 0 Å². The maximum Gasteiger partial charge on any atom is 0.251 e. The van der Waals surface area contributed by atoms with Gasteiger partial charge in [0, 0.05) is 17.5 Å². The van der Waals surface area contributed by atoms with Crippen molar-refractivity contribution in [3.8, 4) is 0 Å². The van der Waals surface area contributed by atoms with Crippen LogP contribution < -0.4 is 5.32 Å². The molecule has 1 aromatic heterocycles. The Hall–Kier alpha value is -1.42. The average Bonchev–Trinajstić information content (AvgIpc) is 2.27. The lowest BCUT2D eigenvalue weighted by Crippen LogP contribution is -2.38. The zero-order valence-electron chi connectivity index (χ0n) is 10.6. The predicted molar refractivity (Wildman–Crippen MR) is 66.8 cm³/mol. The predicted octanol–water partition coefficient (Wildman–Crippen LogP) is 1.53. The maximum absolute atomic E-state index is 11.9. The van der Waals surface area contributed by atoms with Gasteiger partial charge in [-0.15, -0.1) is 0 Å². The van der Waals surface area contributed by atoms with Crippen LogP contribution in [0.5, 0.6) is 0 Å². The summed E-state index contributed by atoms with van der Waals surface area (Å²) in [5.41, 5.74) is 1.39. The molecule has 0 radical (unpaired) electrons. The van der Waals surface area contributed by atoms with Gasteiger partial charge in [-0.2, -0.15) is 0 Å². The molecule has 0 saturated carbocycles. The first kappa shape index (κ1) is 13.6. The number of amides is 1. The Bertz CT molecular complexity index is 377. The van der Waals surface area contributed by atoms with Gasteiger partial charge in [-0.1, -0.05) is 13.8 Å². The summed E-state index contributed by atoms with van der Waals surface area (Å²) in [6.45, 7) is 5.93. The van der Waals surface area contributed by atoms with Gasteiger partial charge in [-0.05, 0) is 31.4 Å². The smallest absolute Gasteiger partial charge is 0.251 e. The molecule has 1 amide bonds. The third-order valence-electron chi connectivity index (χ3n) is 2.47. The number of aryl methyl sites for hydroxylation is 1. The molecule has 1 aromatic rings. The van der Waals surface area contributed by atoms with Gasteiger partial charge in [0.05, 0.1) is 12.6 Å². The lowest BCUT2D eigenvalue weighted by atomic mass is 10.0. The molecule has 0 fully saturated rings. The molecule has 4 nitrogen and oxygen atoms in total. The standard InChI is InChI=1S/C13H20N2O2/c1-9(2)6-12(8-16)15-13(17)11-4-5-14-10(3)7-11/h4-5,7,9,12,16H,6,8H2,1-3H3,(H,15,17). The van der Waals surface area contributed by atoms with Crippen LogP contribution in [0.25, 0.3) is 0 Å². The molecule has 94 valence electrons.